The van der Waals surface area contributed by atoms with E-state index in [1.54, 1.807) is 5.57 Å². The van der Waals surface area contributed by atoms with E-state index in [0.717, 1.165) is 0 Å². The highest BCUT2D eigenvalue weighted by Gasteiger charge is 2.01. The largest absolute Gasteiger partial charge is 0.0741 e. The van der Waals surface area contributed by atoms with Crippen LogP contribution in [0.25, 0.3) is 0 Å². The Morgan fingerprint density at radius 1 is 1.00 bits per heavy atom. The second kappa shape index (κ2) is 3.80. The summed E-state index contributed by atoms with van der Waals surface area (Å²) in [7, 11) is 0. The molecule has 0 spiro atoms. The van der Waals surface area contributed by atoms with Crippen molar-refractivity contribution in [3.05, 3.63) is 18.1 Å². The van der Waals surface area contributed by atoms with Gasteiger partial charge in [-0.25, -0.2) is 0 Å². The van der Waals surface area contributed by atoms with E-state index in [1.807, 2.05) is 0 Å². The van der Waals surface area contributed by atoms with Crippen LogP contribution in [0.3, 0.4) is 0 Å². The van der Waals surface area contributed by atoms with Crippen LogP contribution < -0.4 is 0 Å². The quantitative estimate of drug-likeness (QED) is 0.479. The van der Waals surface area contributed by atoms with Crippen LogP contribution in [-0.4, -0.2) is 0 Å². The number of hydrogen-bond donors (Lipinski definition) is 0. The van der Waals surface area contributed by atoms with Gasteiger partial charge in [0.15, 0.2) is 0 Å². The molecule has 0 aromatic rings. The van der Waals surface area contributed by atoms with Crippen LogP contribution in [0, 0.1) is 6.92 Å². The average molecular weight is 137 g/mol. The molecular formula is C10H17. The van der Waals surface area contributed by atoms with Crippen molar-refractivity contribution in [2.75, 3.05) is 0 Å². The fourth-order valence-corrected chi connectivity index (χ4v) is 1.47. The van der Waals surface area contributed by atoms with Gasteiger partial charge in [0.05, 0.1) is 0 Å². The first-order valence-electron chi connectivity index (χ1n) is 4.31. The molecule has 0 aliphatic heterocycles. The second-order valence-electron chi connectivity index (χ2n) is 3.30. The molecule has 0 atom stereocenters. The minimum absolute atomic E-state index is 1.24. The SMILES string of the molecule is [CH2]/C1=C(\C)CCCCCC1. The van der Waals surface area contributed by atoms with Gasteiger partial charge in [0.1, 0.15) is 0 Å². The zero-order valence-electron chi connectivity index (χ0n) is 6.95. The van der Waals surface area contributed by atoms with Gasteiger partial charge in [0.25, 0.3) is 0 Å². The molecule has 0 fully saturated rings. The maximum Gasteiger partial charge on any atom is -0.0280 e. The molecule has 0 bridgehead atoms. The molecule has 1 aliphatic rings. The van der Waals surface area contributed by atoms with E-state index in [0.29, 0.717) is 0 Å². The van der Waals surface area contributed by atoms with Gasteiger partial charge >= 0.3 is 0 Å². The predicted molar refractivity (Wildman–Crippen MR) is 45.8 cm³/mol. The van der Waals surface area contributed by atoms with E-state index in [9.17, 15) is 0 Å². The molecule has 0 unspecified atom stereocenters. The highest BCUT2D eigenvalue weighted by Crippen LogP contribution is 2.21. The van der Waals surface area contributed by atoms with Crippen molar-refractivity contribution in [3.63, 3.8) is 0 Å². The summed E-state index contributed by atoms with van der Waals surface area (Å²) < 4.78 is 0. The van der Waals surface area contributed by atoms with Crippen LogP contribution in [0.5, 0.6) is 0 Å². The van der Waals surface area contributed by atoms with Gasteiger partial charge in [0, 0.05) is 0 Å². The zero-order valence-corrected chi connectivity index (χ0v) is 6.95. The molecule has 1 radical (unpaired) electrons. The lowest BCUT2D eigenvalue weighted by Gasteiger charge is -2.11. The Balaban J connectivity index is 2.51. The molecule has 10 heavy (non-hydrogen) atoms. The monoisotopic (exact) mass is 137 g/mol. The number of allylic oxidation sites excluding steroid dienone is 2. The van der Waals surface area contributed by atoms with Gasteiger partial charge in [-0.1, -0.05) is 24.0 Å². The molecule has 0 nitrogen and oxygen atoms in total. The summed E-state index contributed by atoms with van der Waals surface area (Å²) in [6.07, 6.45) is 8.10. The highest BCUT2D eigenvalue weighted by molar-refractivity contribution is 5.15. The van der Waals surface area contributed by atoms with Crippen LogP contribution in [0.1, 0.15) is 45.4 Å². The maximum atomic E-state index is 4.06. The van der Waals surface area contributed by atoms with E-state index >= 15 is 0 Å². The molecular weight excluding hydrogens is 120 g/mol. The van der Waals surface area contributed by atoms with Gasteiger partial charge in [-0.15, -0.1) is 0 Å². The normalized spacial score (nSPS) is 29.4. The van der Waals surface area contributed by atoms with Crippen LogP contribution in [0.15, 0.2) is 11.1 Å². The fourth-order valence-electron chi connectivity index (χ4n) is 1.47. The topological polar surface area (TPSA) is 0 Å². The van der Waals surface area contributed by atoms with E-state index in [4.69, 9.17) is 0 Å². The third kappa shape index (κ3) is 2.17. The predicted octanol–water partition coefficient (Wildman–Crippen LogP) is 3.49. The Labute approximate surface area is 64.3 Å². The van der Waals surface area contributed by atoms with E-state index in [2.05, 4.69) is 13.8 Å². The van der Waals surface area contributed by atoms with E-state index in [1.165, 1.54) is 44.1 Å². The third-order valence-corrected chi connectivity index (χ3v) is 2.38. The Kier molecular flexibility index (Phi) is 2.98. The zero-order chi connectivity index (χ0) is 7.40. The van der Waals surface area contributed by atoms with Gasteiger partial charge in [-0.3, -0.25) is 0 Å². The first kappa shape index (κ1) is 7.84. The van der Waals surface area contributed by atoms with Gasteiger partial charge in [-0.2, -0.15) is 0 Å². The molecule has 0 N–H and O–H groups in total. The summed E-state index contributed by atoms with van der Waals surface area (Å²) in [4.78, 5) is 0. The Hall–Kier alpha value is -0.260. The summed E-state index contributed by atoms with van der Waals surface area (Å²) in [6, 6.07) is 0. The smallest absolute Gasteiger partial charge is 0.0280 e. The lowest BCUT2D eigenvalue weighted by molar-refractivity contribution is 0.616. The van der Waals surface area contributed by atoms with Gasteiger partial charge in [-0.05, 0) is 39.5 Å². The Morgan fingerprint density at radius 2 is 1.60 bits per heavy atom. The van der Waals surface area contributed by atoms with Crippen molar-refractivity contribution < 1.29 is 0 Å². The van der Waals surface area contributed by atoms with Gasteiger partial charge < -0.3 is 0 Å². The molecule has 0 heteroatoms. The van der Waals surface area contributed by atoms with Crippen molar-refractivity contribution in [2.45, 2.75) is 45.4 Å². The molecule has 0 aromatic carbocycles. The lowest BCUT2D eigenvalue weighted by Crippen LogP contribution is -1.91. The van der Waals surface area contributed by atoms with Crippen molar-refractivity contribution in [1.29, 1.82) is 0 Å². The fraction of sp³-hybridized carbons (Fsp3) is 0.700. The summed E-state index contributed by atoms with van der Waals surface area (Å²) >= 11 is 0. The van der Waals surface area contributed by atoms with Crippen LogP contribution in [-0.2, 0) is 0 Å². The van der Waals surface area contributed by atoms with Crippen molar-refractivity contribution in [2.24, 2.45) is 0 Å². The first-order valence-corrected chi connectivity index (χ1v) is 4.31. The second-order valence-corrected chi connectivity index (χ2v) is 3.30. The molecule has 0 saturated carbocycles. The molecule has 0 aromatic heterocycles. The molecule has 1 aliphatic carbocycles. The van der Waals surface area contributed by atoms with E-state index < -0.39 is 0 Å². The molecule has 57 valence electrons. The molecule has 1 rings (SSSR count). The van der Waals surface area contributed by atoms with Crippen molar-refractivity contribution in [3.8, 4) is 0 Å². The van der Waals surface area contributed by atoms with E-state index in [-0.39, 0.29) is 0 Å². The van der Waals surface area contributed by atoms with Gasteiger partial charge in [0.2, 0.25) is 0 Å². The summed E-state index contributed by atoms with van der Waals surface area (Å²) in [5, 5.41) is 0. The standard InChI is InChI=1S/C10H17/c1-9-7-5-3-4-6-8-10(9)2/h1,3-8H2,2H3/b10-9-. The minimum atomic E-state index is 1.24. The maximum absolute atomic E-state index is 4.06. The Morgan fingerprint density at radius 3 is 2.30 bits per heavy atom. The van der Waals surface area contributed by atoms with Crippen LogP contribution in [0.4, 0.5) is 0 Å². The van der Waals surface area contributed by atoms with Crippen molar-refractivity contribution in [1.82, 2.24) is 0 Å². The minimum Gasteiger partial charge on any atom is -0.0741 e. The summed E-state index contributed by atoms with van der Waals surface area (Å²) in [6.45, 7) is 6.29. The Bertz CT molecular complexity index is 115. The summed E-state index contributed by atoms with van der Waals surface area (Å²) in [5.41, 5.74) is 2.94. The lowest BCUT2D eigenvalue weighted by atomic mass is 9.95. The third-order valence-electron chi connectivity index (χ3n) is 2.38. The average Bonchev–Trinajstić information content (AvgIpc) is 1.92. The first-order chi connectivity index (χ1) is 4.80. The van der Waals surface area contributed by atoms with Crippen LogP contribution in [0.2, 0.25) is 0 Å². The number of rotatable bonds is 0. The van der Waals surface area contributed by atoms with Crippen LogP contribution >= 0.6 is 0 Å². The van der Waals surface area contributed by atoms with Crippen molar-refractivity contribution >= 4 is 0 Å². The summed E-state index contributed by atoms with van der Waals surface area (Å²) in [5.74, 6) is 0. The molecule has 0 saturated heterocycles. The molecule has 0 amide bonds. The highest BCUT2D eigenvalue weighted by atomic mass is 14.1. The molecule has 0 heterocycles. The number of hydrogen-bond acceptors (Lipinski definition) is 0.